The normalized spacial score (nSPS) is 17.0. The van der Waals surface area contributed by atoms with Crippen LogP contribution < -0.4 is 0 Å². The molecule has 6 heteroatoms. The van der Waals surface area contributed by atoms with Crippen molar-refractivity contribution >= 4 is 12.0 Å². The predicted octanol–water partition coefficient (Wildman–Crippen LogP) is 9.29. The van der Waals surface area contributed by atoms with Crippen LogP contribution in [-0.4, -0.2) is 33.8 Å². The van der Waals surface area contributed by atoms with E-state index in [0.717, 1.165) is 34.9 Å². The molecule has 236 valence electrons. The van der Waals surface area contributed by atoms with Gasteiger partial charge in [-0.3, -0.25) is 9.67 Å². The summed E-state index contributed by atoms with van der Waals surface area (Å²) in [5.41, 5.74) is 9.65. The predicted molar refractivity (Wildman–Crippen MR) is 184 cm³/mol. The fourth-order valence-electron chi connectivity index (χ4n) is 4.26. The van der Waals surface area contributed by atoms with Crippen molar-refractivity contribution in [3.63, 3.8) is 0 Å². The molecule has 3 rings (SSSR count). The highest BCUT2D eigenvalue weighted by molar-refractivity contribution is 5.97. The third-order valence-corrected chi connectivity index (χ3v) is 7.29. The number of carbonyl (C=O) groups excluding carboxylic acids is 1. The Morgan fingerprint density at radius 1 is 1.12 bits per heavy atom. The van der Waals surface area contributed by atoms with Crippen molar-refractivity contribution in [1.82, 2.24) is 14.7 Å². The monoisotopic (exact) mass is 588 g/mol. The van der Waals surface area contributed by atoms with Gasteiger partial charge in [0.25, 0.3) is 0 Å². The van der Waals surface area contributed by atoms with Crippen molar-refractivity contribution in [2.75, 3.05) is 7.11 Å². The first kappa shape index (κ1) is 37.5. The molecule has 0 N–H and O–H groups in total. The molecule has 2 aliphatic rings. The van der Waals surface area contributed by atoms with E-state index in [1.54, 1.807) is 7.11 Å². The van der Waals surface area contributed by atoms with E-state index in [1.807, 2.05) is 17.8 Å². The van der Waals surface area contributed by atoms with Gasteiger partial charge in [-0.1, -0.05) is 52.5 Å². The van der Waals surface area contributed by atoms with Gasteiger partial charge in [-0.15, -0.1) is 0 Å². The Balaban J connectivity index is 0.000000456. The number of aliphatic imine (C=N–C) groups is 1. The Morgan fingerprint density at radius 2 is 1.77 bits per heavy atom. The first-order valence-electron chi connectivity index (χ1n) is 15.4. The average molecular weight is 589 g/mol. The maximum Gasteiger partial charge on any atom is 0.116 e. The van der Waals surface area contributed by atoms with Crippen LogP contribution >= 0.6 is 0 Å². The summed E-state index contributed by atoms with van der Waals surface area (Å²) >= 11 is 0. The molecule has 1 fully saturated rings. The van der Waals surface area contributed by atoms with Crippen LogP contribution in [0.4, 0.5) is 0 Å². The molecule has 0 atom stereocenters. The summed E-state index contributed by atoms with van der Waals surface area (Å²) in [6.45, 7) is 25.8. The molecule has 0 amide bonds. The number of nitrogens with zero attached hydrogens (tertiary/aromatic N) is 4. The van der Waals surface area contributed by atoms with Crippen LogP contribution in [0.5, 0.6) is 0 Å². The second-order valence-electron chi connectivity index (χ2n) is 11.5. The summed E-state index contributed by atoms with van der Waals surface area (Å²) in [5, 5.41) is 4.61. The van der Waals surface area contributed by atoms with Gasteiger partial charge in [-0.2, -0.15) is 5.10 Å². The molecule has 1 aliphatic carbocycles. The lowest BCUT2D eigenvalue weighted by Crippen LogP contribution is -2.13. The summed E-state index contributed by atoms with van der Waals surface area (Å²) in [6.07, 6.45) is 22.4. The van der Waals surface area contributed by atoms with Crippen molar-refractivity contribution < 1.29 is 9.53 Å². The number of allylic oxidation sites excluding steroid dienone is 10. The Bertz CT molecular complexity index is 1260. The van der Waals surface area contributed by atoms with Crippen LogP contribution in [0, 0.1) is 24.7 Å². The molecular formula is C37H56N4O2. The van der Waals surface area contributed by atoms with E-state index in [9.17, 15) is 0 Å². The van der Waals surface area contributed by atoms with Crippen LogP contribution in [0.15, 0.2) is 94.7 Å². The molecule has 0 unspecified atom stereocenters. The number of aromatic nitrogens is 2. The highest BCUT2D eigenvalue weighted by atomic mass is 16.5. The summed E-state index contributed by atoms with van der Waals surface area (Å²) in [6, 6.07) is 0. The highest BCUT2D eigenvalue weighted by Gasteiger charge is 2.23. The summed E-state index contributed by atoms with van der Waals surface area (Å²) in [5.74, 6) is 1.71. The molecule has 1 aromatic rings. The molecule has 1 aliphatic heterocycles. The summed E-state index contributed by atoms with van der Waals surface area (Å²) in [4.78, 5) is 15.8. The highest BCUT2D eigenvalue weighted by Crippen LogP contribution is 2.37. The van der Waals surface area contributed by atoms with Gasteiger partial charge in [-0.05, 0) is 113 Å². The lowest BCUT2D eigenvalue weighted by Gasteiger charge is -2.24. The van der Waals surface area contributed by atoms with Crippen molar-refractivity contribution in [2.24, 2.45) is 22.7 Å². The Labute approximate surface area is 262 Å². The summed E-state index contributed by atoms with van der Waals surface area (Å²) < 4.78 is 7.16. The molecule has 0 aromatic carbocycles. The Morgan fingerprint density at radius 3 is 2.26 bits per heavy atom. The number of rotatable bonds is 11. The molecule has 43 heavy (non-hydrogen) atoms. The lowest BCUT2D eigenvalue weighted by atomic mass is 10.00. The van der Waals surface area contributed by atoms with Gasteiger partial charge in [0, 0.05) is 37.1 Å². The standard InChI is InChI=1S/C22H33N3O.C13H19N.C2H4O/c1-7-18(19-9-10-19)11-12-21(16(3)4)23-20(8-2)14-25-13-17(5)22(24-25)15-26-6;1-6-14-8-7-11(4)9-13(14)12(5)10(2)3;1-2-3/h7-8,11-13,16,19H,9-10,14-15H2,1-6H3;6-10H,1H2,2-5H3;2H,1H3/b12-11-,18-7+,20-8-,23-21+;13-12-;. The van der Waals surface area contributed by atoms with E-state index < -0.39 is 0 Å². The molecule has 6 nitrogen and oxygen atoms in total. The number of hydrogen-bond acceptors (Lipinski definition) is 5. The van der Waals surface area contributed by atoms with Crippen LogP contribution in [-0.2, 0) is 22.7 Å². The van der Waals surface area contributed by atoms with E-state index in [4.69, 9.17) is 14.5 Å². The molecule has 1 saturated carbocycles. The number of aldehydes is 1. The van der Waals surface area contributed by atoms with E-state index in [-0.39, 0.29) is 0 Å². The van der Waals surface area contributed by atoms with E-state index in [1.165, 1.54) is 42.2 Å². The second-order valence-corrected chi connectivity index (χ2v) is 11.5. The first-order chi connectivity index (χ1) is 20.4. The molecule has 0 radical (unpaired) electrons. The van der Waals surface area contributed by atoms with E-state index >= 15 is 0 Å². The van der Waals surface area contributed by atoms with Crippen LogP contribution in [0.1, 0.15) is 86.4 Å². The molecule has 0 spiro atoms. The SMILES string of the molecule is C=CN1C=CC(C)=C/C1=C(\C)C(C)C.CC=O.C\C=C(Cn1cc(C)c(COC)n1)/N=C(\C=C/C(=C\C)C1CC1)C(C)C. The van der Waals surface area contributed by atoms with Gasteiger partial charge in [0.15, 0.2) is 0 Å². The van der Waals surface area contributed by atoms with E-state index in [2.05, 4.69) is 121 Å². The van der Waals surface area contributed by atoms with Crippen molar-refractivity contribution in [3.05, 3.63) is 101 Å². The van der Waals surface area contributed by atoms with Crippen LogP contribution in [0.2, 0.25) is 0 Å². The van der Waals surface area contributed by atoms with Crippen molar-refractivity contribution in [3.8, 4) is 0 Å². The fourth-order valence-corrected chi connectivity index (χ4v) is 4.26. The third kappa shape index (κ3) is 13.1. The third-order valence-electron chi connectivity index (χ3n) is 7.29. The van der Waals surface area contributed by atoms with Gasteiger partial charge in [0.05, 0.1) is 24.5 Å². The van der Waals surface area contributed by atoms with Crippen LogP contribution in [0.25, 0.3) is 0 Å². The molecule has 0 bridgehead atoms. The van der Waals surface area contributed by atoms with Gasteiger partial charge in [-0.25, -0.2) is 0 Å². The van der Waals surface area contributed by atoms with Gasteiger partial charge in [0.1, 0.15) is 6.29 Å². The zero-order chi connectivity index (χ0) is 32.5. The number of hydrogen-bond donors (Lipinski definition) is 0. The van der Waals surface area contributed by atoms with E-state index in [0.29, 0.717) is 25.0 Å². The smallest absolute Gasteiger partial charge is 0.116 e. The molecular weight excluding hydrogens is 532 g/mol. The van der Waals surface area contributed by atoms with Crippen molar-refractivity contribution in [2.45, 2.75) is 95.2 Å². The minimum Gasteiger partial charge on any atom is -0.378 e. The average Bonchev–Trinajstić information content (AvgIpc) is 3.75. The minimum atomic E-state index is 0.377. The Hall–Kier alpha value is -3.51. The molecule has 1 aromatic heterocycles. The topological polar surface area (TPSA) is 59.7 Å². The summed E-state index contributed by atoms with van der Waals surface area (Å²) in [7, 11) is 1.70. The fraction of sp³-hybridized carbons (Fsp3) is 0.486. The zero-order valence-corrected chi connectivity index (χ0v) is 28.6. The van der Waals surface area contributed by atoms with Crippen LogP contribution in [0.3, 0.4) is 0 Å². The molecule has 0 saturated heterocycles. The number of methoxy groups -OCH3 is 1. The maximum atomic E-state index is 8.81. The van der Waals surface area contributed by atoms with Gasteiger partial charge in [0.2, 0.25) is 0 Å². The van der Waals surface area contributed by atoms with Crippen molar-refractivity contribution in [1.29, 1.82) is 0 Å². The quantitative estimate of drug-likeness (QED) is 0.147. The lowest BCUT2D eigenvalue weighted by molar-refractivity contribution is -0.106. The second kappa shape index (κ2) is 19.6. The number of aryl methyl sites for hydroxylation is 1. The molecule has 2 heterocycles. The largest absolute Gasteiger partial charge is 0.378 e. The maximum absolute atomic E-state index is 8.81. The minimum absolute atomic E-state index is 0.377. The van der Waals surface area contributed by atoms with Gasteiger partial charge < -0.3 is 14.4 Å². The Kier molecular flexibility index (Phi) is 17.1. The first-order valence-corrected chi connectivity index (χ1v) is 15.4. The zero-order valence-electron chi connectivity index (χ0n) is 28.6. The number of ether oxygens (including phenoxy) is 1. The van der Waals surface area contributed by atoms with Gasteiger partial charge >= 0.3 is 0 Å². The number of carbonyl (C=O) groups is 1.